The zero-order valence-electron chi connectivity index (χ0n) is 12.3. The summed E-state index contributed by atoms with van der Waals surface area (Å²) < 4.78 is 10.7. The Morgan fingerprint density at radius 2 is 2.21 bits per heavy atom. The molecular formula is C14H26N2O3. The first-order valence-electron chi connectivity index (χ1n) is 7.23. The predicted octanol–water partition coefficient (Wildman–Crippen LogP) is 1.62. The minimum absolute atomic E-state index is 0.181. The molecule has 2 aliphatic rings. The molecule has 2 heterocycles. The Morgan fingerprint density at radius 1 is 1.42 bits per heavy atom. The van der Waals surface area contributed by atoms with Crippen LogP contribution in [0, 0.1) is 5.92 Å². The van der Waals surface area contributed by atoms with Crippen molar-refractivity contribution < 1.29 is 14.3 Å². The second-order valence-electron chi connectivity index (χ2n) is 6.55. The fraction of sp³-hybridized carbons (Fsp3) is 0.929. The molecule has 0 spiro atoms. The van der Waals surface area contributed by atoms with Crippen molar-refractivity contribution in [2.75, 3.05) is 32.8 Å². The first-order chi connectivity index (χ1) is 8.94. The predicted molar refractivity (Wildman–Crippen MR) is 73.1 cm³/mol. The van der Waals surface area contributed by atoms with Crippen molar-refractivity contribution >= 4 is 6.09 Å². The lowest BCUT2D eigenvalue weighted by atomic mass is 10.1. The monoisotopic (exact) mass is 270 g/mol. The van der Waals surface area contributed by atoms with E-state index >= 15 is 0 Å². The van der Waals surface area contributed by atoms with Gasteiger partial charge in [0, 0.05) is 32.3 Å². The second-order valence-corrected chi connectivity index (χ2v) is 6.55. The molecule has 19 heavy (non-hydrogen) atoms. The van der Waals surface area contributed by atoms with Crippen molar-refractivity contribution in [3.63, 3.8) is 0 Å². The van der Waals surface area contributed by atoms with Crippen LogP contribution in [0.15, 0.2) is 0 Å². The summed E-state index contributed by atoms with van der Waals surface area (Å²) in [6.45, 7) is 9.97. The lowest BCUT2D eigenvalue weighted by Gasteiger charge is -2.24. The highest BCUT2D eigenvalue weighted by Gasteiger charge is 2.30. The number of nitrogens with zero attached hydrogens (tertiary/aromatic N) is 1. The molecule has 0 aromatic heterocycles. The number of hydrogen-bond donors (Lipinski definition) is 1. The van der Waals surface area contributed by atoms with E-state index in [1.54, 1.807) is 0 Å². The Bertz CT molecular complexity index is 308. The third kappa shape index (κ3) is 4.66. The van der Waals surface area contributed by atoms with Gasteiger partial charge in [0.2, 0.25) is 0 Å². The molecule has 2 fully saturated rings. The third-order valence-corrected chi connectivity index (χ3v) is 3.56. The molecule has 0 bridgehead atoms. The maximum absolute atomic E-state index is 11.9. The molecule has 110 valence electrons. The first-order valence-corrected chi connectivity index (χ1v) is 7.23. The van der Waals surface area contributed by atoms with Crippen molar-refractivity contribution in [2.45, 2.75) is 45.3 Å². The highest BCUT2D eigenvalue weighted by molar-refractivity contribution is 5.68. The van der Waals surface area contributed by atoms with E-state index in [9.17, 15) is 4.79 Å². The molecule has 1 N–H and O–H groups in total. The molecule has 0 radical (unpaired) electrons. The van der Waals surface area contributed by atoms with Gasteiger partial charge in [-0.15, -0.1) is 0 Å². The normalized spacial score (nSPS) is 27.8. The molecule has 0 saturated carbocycles. The molecule has 2 saturated heterocycles. The van der Waals surface area contributed by atoms with Gasteiger partial charge in [-0.1, -0.05) is 0 Å². The van der Waals surface area contributed by atoms with E-state index in [1.807, 2.05) is 25.7 Å². The summed E-state index contributed by atoms with van der Waals surface area (Å²) in [4.78, 5) is 13.8. The van der Waals surface area contributed by atoms with Crippen molar-refractivity contribution in [2.24, 2.45) is 5.92 Å². The average molecular weight is 270 g/mol. The molecule has 5 nitrogen and oxygen atoms in total. The van der Waals surface area contributed by atoms with E-state index in [-0.39, 0.29) is 6.09 Å². The van der Waals surface area contributed by atoms with Gasteiger partial charge in [0.25, 0.3) is 0 Å². The summed E-state index contributed by atoms with van der Waals surface area (Å²) in [6, 6.07) is 0.496. The zero-order valence-corrected chi connectivity index (χ0v) is 12.3. The topological polar surface area (TPSA) is 50.8 Å². The Kier molecular flexibility index (Phi) is 4.68. The third-order valence-electron chi connectivity index (χ3n) is 3.56. The van der Waals surface area contributed by atoms with Crippen LogP contribution in [0.2, 0.25) is 0 Å². The minimum atomic E-state index is -0.408. The molecule has 2 atom stereocenters. The van der Waals surface area contributed by atoms with Crippen molar-refractivity contribution in [1.29, 1.82) is 0 Å². The van der Waals surface area contributed by atoms with Crippen LogP contribution in [0.1, 0.15) is 33.6 Å². The lowest BCUT2D eigenvalue weighted by Crippen LogP contribution is -2.37. The molecule has 0 aliphatic carbocycles. The van der Waals surface area contributed by atoms with Crippen molar-refractivity contribution in [3.05, 3.63) is 0 Å². The fourth-order valence-corrected chi connectivity index (χ4v) is 2.52. The highest BCUT2D eigenvalue weighted by Crippen LogP contribution is 2.19. The van der Waals surface area contributed by atoms with Gasteiger partial charge < -0.3 is 19.7 Å². The average Bonchev–Trinajstić information content (AvgIpc) is 2.96. The SMILES string of the molecule is CC(C)(C)OC(=O)N1CCC(CNC2CCOC2)C1. The van der Waals surface area contributed by atoms with Crippen LogP contribution >= 0.6 is 0 Å². The smallest absolute Gasteiger partial charge is 0.410 e. The molecule has 0 aromatic carbocycles. The van der Waals surface area contributed by atoms with E-state index in [4.69, 9.17) is 9.47 Å². The van der Waals surface area contributed by atoms with Crippen molar-refractivity contribution in [3.8, 4) is 0 Å². The van der Waals surface area contributed by atoms with Crippen LogP contribution in [0.4, 0.5) is 4.79 Å². The van der Waals surface area contributed by atoms with Gasteiger partial charge in [0.15, 0.2) is 0 Å². The van der Waals surface area contributed by atoms with E-state index < -0.39 is 5.60 Å². The molecule has 2 unspecified atom stereocenters. The number of carbonyl (C=O) groups is 1. The van der Waals surface area contributed by atoms with Gasteiger partial charge >= 0.3 is 6.09 Å². The van der Waals surface area contributed by atoms with Crippen molar-refractivity contribution in [1.82, 2.24) is 10.2 Å². The molecule has 2 rings (SSSR count). The summed E-state index contributed by atoms with van der Waals surface area (Å²) in [5, 5.41) is 3.53. The van der Waals surface area contributed by atoms with E-state index in [1.165, 1.54) is 0 Å². The number of amides is 1. The Labute approximate surface area is 115 Å². The number of nitrogens with one attached hydrogen (secondary N) is 1. The number of carbonyl (C=O) groups excluding carboxylic acids is 1. The zero-order chi connectivity index (χ0) is 13.9. The summed E-state index contributed by atoms with van der Waals surface area (Å²) >= 11 is 0. The highest BCUT2D eigenvalue weighted by atomic mass is 16.6. The summed E-state index contributed by atoms with van der Waals surface area (Å²) in [7, 11) is 0. The van der Waals surface area contributed by atoms with Crippen LogP contribution in [-0.4, -0.2) is 55.5 Å². The largest absolute Gasteiger partial charge is 0.444 e. The summed E-state index contributed by atoms with van der Waals surface area (Å²) in [6.07, 6.45) is 1.97. The Morgan fingerprint density at radius 3 is 2.84 bits per heavy atom. The van der Waals surface area contributed by atoms with Gasteiger partial charge in [-0.2, -0.15) is 0 Å². The molecule has 5 heteroatoms. The molecule has 1 amide bonds. The second kappa shape index (κ2) is 6.09. The van der Waals surface area contributed by atoms with Gasteiger partial charge in [-0.25, -0.2) is 4.79 Å². The van der Waals surface area contributed by atoms with E-state index in [2.05, 4.69) is 5.32 Å². The first kappa shape index (κ1) is 14.6. The van der Waals surface area contributed by atoms with Crippen LogP contribution in [0.3, 0.4) is 0 Å². The number of ether oxygens (including phenoxy) is 2. The molecule has 2 aliphatic heterocycles. The van der Waals surface area contributed by atoms with Crippen LogP contribution in [0.5, 0.6) is 0 Å². The van der Waals surface area contributed by atoms with Gasteiger partial charge in [-0.3, -0.25) is 0 Å². The number of rotatable bonds is 3. The van der Waals surface area contributed by atoms with Gasteiger partial charge in [0.1, 0.15) is 5.60 Å². The maximum atomic E-state index is 11.9. The minimum Gasteiger partial charge on any atom is -0.444 e. The molecular weight excluding hydrogens is 244 g/mol. The van der Waals surface area contributed by atoms with Gasteiger partial charge in [0.05, 0.1) is 6.61 Å². The standard InChI is InChI=1S/C14H26N2O3/c1-14(2,3)19-13(17)16-6-4-11(9-16)8-15-12-5-7-18-10-12/h11-12,15H,4-10H2,1-3H3. The number of likely N-dealkylation sites (tertiary alicyclic amines) is 1. The van der Waals surface area contributed by atoms with E-state index in [0.717, 1.165) is 45.7 Å². The summed E-state index contributed by atoms with van der Waals surface area (Å²) in [5.74, 6) is 0.535. The Balaban J connectivity index is 1.68. The van der Waals surface area contributed by atoms with Crippen LogP contribution < -0.4 is 5.32 Å². The van der Waals surface area contributed by atoms with Crippen LogP contribution in [0.25, 0.3) is 0 Å². The van der Waals surface area contributed by atoms with Crippen LogP contribution in [-0.2, 0) is 9.47 Å². The quantitative estimate of drug-likeness (QED) is 0.846. The number of hydrogen-bond acceptors (Lipinski definition) is 4. The maximum Gasteiger partial charge on any atom is 0.410 e. The van der Waals surface area contributed by atoms with E-state index in [0.29, 0.717) is 12.0 Å². The fourth-order valence-electron chi connectivity index (χ4n) is 2.52. The molecule has 0 aromatic rings. The lowest BCUT2D eigenvalue weighted by molar-refractivity contribution is 0.0288. The van der Waals surface area contributed by atoms with Gasteiger partial charge in [-0.05, 0) is 39.5 Å². The Hall–Kier alpha value is -0.810. The summed E-state index contributed by atoms with van der Waals surface area (Å²) in [5.41, 5.74) is -0.408.